The molecule has 0 spiro atoms. The van der Waals surface area contributed by atoms with Crippen molar-refractivity contribution in [3.05, 3.63) is 59.7 Å². The van der Waals surface area contributed by atoms with Gasteiger partial charge in [0.2, 0.25) is 5.91 Å². The number of carbonyl (C=O) groups is 1. The third kappa shape index (κ3) is 4.79. The number of carbonyl (C=O) groups excluding carboxylic acids is 1. The molecule has 1 saturated heterocycles. The van der Waals surface area contributed by atoms with Gasteiger partial charge in [0.05, 0.1) is 24.2 Å². The Morgan fingerprint density at radius 2 is 1.66 bits per heavy atom. The van der Waals surface area contributed by atoms with Crippen LogP contribution in [-0.4, -0.2) is 39.0 Å². The quantitative estimate of drug-likeness (QED) is 0.642. The van der Waals surface area contributed by atoms with E-state index < -0.39 is 16.2 Å². The van der Waals surface area contributed by atoms with E-state index in [1.807, 2.05) is 38.1 Å². The SMILES string of the molecule is COc1ccc([C@H](C)N2CC(C(C)OS(=O)(=O)c3ccc(C)cc3)CC2=O)cc1. The molecule has 2 unspecified atom stereocenters. The van der Waals surface area contributed by atoms with E-state index in [9.17, 15) is 13.2 Å². The Hall–Kier alpha value is -2.38. The lowest BCUT2D eigenvalue weighted by Crippen LogP contribution is -2.31. The van der Waals surface area contributed by atoms with Crippen LogP contribution in [0.2, 0.25) is 0 Å². The topological polar surface area (TPSA) is 72.9 Å². The lowest BCUT2D eigenvalue weighted by molar-refractivity contribution is -0.129. The molecular weight excluding hydrogens is 390 g/mol. The van der Waals surface area contributed by atoms with Crippen LogP contribution in [0.4, 0.5) is 0 Å². The second-order valence-corrected chi connectivity index (χ2v) is 9.10. The van der Waals surface area contributed by atoms with E-state index in [0.717, 1.165) is 16.9 Å². The third-order valence-corrected chi connectivity index (χ3v) is 6.91. The number of nitrogens with zero attached hydrogens (tertiary/aromatic N) is 1. The highest BCUT2D eigenvalue weighted by molar-refractivity contribution is 7.86. The molecule has 3 atom stereocenters. The molecule has 1 heterocycles. The van der Waals surface area contributed by atoms with E-state index >= 15 is 0 Å². The van der Waals surface area contributed by atoms with Gasteiger partial charge in [0.15, 0.2) is 0 Å². The lowest BCUT2D eigenvalue weighted by Gasteiger charge is -2.26. The highest BCUT2D eigenvalue weighted by Crippen LogP contribution is 2.32. The monoisotopic (exact) mass is 417 g/mol. The van der Waals surface area contributed by atoms with Crippen LogP contribution in [0, 0.1) is 12.8 Å². The largest absolute Gasteiger partial charge is 0.497 e. The minimum atomic E-state index is -3.87. The summed E-state index contributed by atoms with van der Waals surface area (Å²) in [7, 11) is -2.26. The molecule has 3 rings (SSSR count). The van der Waals surface area contributed by atoms with Crippen LogP contribution in [0.1, 0.15) is 37.4 Å². The molecule has 0 aromatic heterocycles. The summed E-state index contributed by atoms with van der Waals surface area (Å²) in [5.74, 6) is 0.569. The number of amides is 1. The minimum Gasteiger partial charge on any atom is -0.497 e. The predicted molar refractivity (Wildman–Crippen MR) is 110 cm³/mol. The normalized spacial score (nSPS) is 19.2. The summed E-state index contributed by atoms with van der Waals surface area (Å²) in [5, 5.41) is 0. The maximum atomic E-state index is 12.6. The van der Waals surface area contributed by atoms with Crippen LogP contribution in [-0.2, 0) is 19.1 Å². The smallest absolute Gasteiger partial charge is 0.297 e. The first-order valence-corrected chi connectivity index (χ1v) is 11.1. The highest BCUT2D eigenvalue weighted by Gasteiger charge is 2.38. The van der Waals surface area contributed by atoms with Crippen molar-refractivity contribution in [2.45, 2.75) is 44.2 Å². The van der Waals surface area contributed by atoms with Gasteiger partial charge in [0.1, 0.15) is 5.75 Å². The molecule has 0 N–H and O–H groups in total. The second-order valence-electron chi connectivity index (χ2n) is 7.53. The van der Waals surface area contributed by atoms with Gasteiger partial charge in [-0.05, 0) is 50.6 Å². The highest BCUT2D eigenvalue weighted by atomic mass is 32.2. The Labute approximate surface area is 172 Å². The average molecular weight is 418 g/mol. The standard InChI is InChI=1S/C22H27NO5S/c1-15-5-11-21(12-6-15)29(25,26)28-17(3)19-13-22(24)23(14-19)16(2)18-7-9-20(27-4)10-8-18/h5-12,16-17,19H,13-14H2,1-4H3/t16-,17?,19?/m0/s1. The van der Waals surface area contributed by atoms with Gasteiger partial charge in [-0.25, -0.2) is 0 Å². The summed E-state index contributed by atoms with van der Waals surface area (Å²) in [5.41, 5.74) is 1.97. The molecule has 6 nitrogen and oxygen atoms in total. The molecule has 0 aliphatic carbocycles. The van der Waals surface area contributed by atoms with Crippen LogP contribution in [0.15, 0.2) is 53.4 Å². The van der Waals surface area contributed by atoms with E-state index in [4.69, 9.17) is 8.92 Å². The van der Waals surface area contributed by atoms with Crippen molar-refractivity contribution in [2.24, 2.45) is 5.92 Å². The van der Waals surface area contributed by atoms with Crippen molar-refractivity contribution < 1.29 is 22.1 Å². The lowest BCUT2D eigenvalue weighted by atomic mass is 10.0. The molecule has 1 amide bonds. The molecule has 1 fully saturated rings. The van der Waals surface area contributed by atoms with Crippen LogP contribution >= 0.6 is 0 Å². The van der Waals surface area contributed by atoms with Crippen molar-refractivity contribution >= 4 is 16.0 Å². The number of likely N-dealkylation sites (tertiary alicyclic amines) is 1. The number of methoxy groups -OCH3 is 1. The molecule has 1 aliphatic heterocycles. The van der Waals surface area contributed by atoms with Crippen molar-refractivity contribution in [1.29, 1.82) is 0 Å². The van der Waals surface area contributed by atoms with Crippen LogP contribution in [0.5, 0.6) is 5.75 Å². The molecular formula is C22H27NO5S. The average Bonchev–Trinajstić information content (AvgIpc) is 3.09. The molecule has 1 aliphatic rings. The van der Waals surface area contributed by atoms with Gasteiger partial charge in [-0.15, -0.1) is 0 Å². The summed E-state index contributed by atoms with van der Waals surface area (Å²) < 4.78 is 35.7. The molecule has 0 bridgehead atoms. The number of hydrogen-bond acceptors (Lipinski definition) is 5. The Kier molecular flexibility index (Phi) is 6.29. The fourth-order valence-corrected chi connectivity index (χ4v) is 4.69. The summed E-state index contributed by atoms with van der Waals surface area (Å²) in [4.78, 5) is 14.5. The Balaban J connectivity index is 1.67. The van der Waals surface area contributed by atoms with Gasteiger partial charge in [-0.3, -0.25) is 8.98 Å². The van der Waals surface area contributed by atoms with Crippen molar-refractivity contribution in [1.82, 2.24) is 4.90 Å². The first-order chi connectivity index (χ1) is 13.7. The zero-order valence-corrected chi connectivity index (χ0v) is 18.0. The number of aryl methyl sites for hydroxylation is 1. The maximum Gasteiger partial charge on any atom is 0.297 e. The first kappa shape index (κ1) is 21.3. The summed E-state index contributed by atoms with van der Waals surface area (Å²) in [6, 6.07) is 14.0. The number of benzene rings is 2. The Bertz CT molecular complexity index is 954. The van der Waals surface area contributed by atoms with Crippen molar-refractivity contribution in [3.8, 4) is 5.75 Å². The van der Waals surface area contributed by atoms with E-state index in [1.165, 1.54) is 12.1 Å². The van der Waals surface area contributed by atoms with Crippen LogP contribution in [0.3, 0.4) is 0 Å². The van der Waals surface area contributed by atoms with Gasteiger partial charge in [0.25, 0.3) is 10.1 Å². The van der Waals surface area contributed by atoms with Gasteiger partial charge < -0.3 is 9.64 Å². The molecule has 2 aromatic carbocycles. The Morgan fingerprint density at radius 3 is 2.24 bits per heavy atom. The van der Waals surface area contributed by atoms with E-state index in [2.05, 4.69) is 0 Å². The molecule has 29 heavy (non-hydrogen) atoms. The molecule has 0 saturated carbocycles. The fraction of sp³-hybridized carbons (Fsp3) is 0.409. The van der Waals surface area contributed by atoms with Gasteiger partial charge >= 0.3 is 0 Å². The first-order valence-electron chi connectivity index (χ1n) is 9.64. The molecule has 156 valence electrons. The van der Waals surface area contributed by atoms with E-state index in [-0.39, 0.29) is 29.2 Å². The zero-order valence-electron chi connectivity index (χ0n) is 17.2. The van der Waals surface area contributed by atoms with E-state index in [0.29, 0.717) is 6.54 Å². The summed E-state index contributed by atoms with van der Waals surface area (Å²) >= 11 is 0. The molecule has 0 radical (unpaired) electrons. The van der Waals surface area contributed by atoms with E-state index in [1.54, 1.807) is 31.1 Å². The molecule has 2 aromatic rings. The van der Waals surface area contributed by atoms with Crippen LogP contribution in [0.25, 0.3) is 0 Å². The second kappa shape index (κ2) is 8.55. The van der Waals surface area contributed by atoms with Gasteiger partial charge in [-0.1, -0.05) is 29.8 Å². The number of ether oxygens (including phenoxy) is 1. The predicted octanol–water partition coefficient (Wildman–Crippen LogP) is 3.71. The third-order valence-electron chi connectivity index (χ3n) is 5.51. The van der Waals surface area contributed by atoms with Crippen molar-refractivity contribution in [3.63, 3.8) is 0 Å². The molecule has 7 heteroatoms. The maximum absolute atomic E-state index is 12.6. The summed E-state index contributed by atoms with van der Waals surface area (Å²) in [6.45, 7) is 6.03. The van der Waals surface area contributed by atoms with Crippen LogP contribution < -0.4 is 4.74 Å². The van der Waals surface area contributed by atoms with Gasteiger partial charge in [0, 0.05) is 18.9 Å². The number of hydrogen-bond donors (Lipinski definition) is 0. The van der Waals surface area contributed by atoms with Crippen molar-refractivity contribution in [2.75, 3.05) is 13.7 Å². The fourth-order valence-electron chi connectivity index (χ4n) is 3.55. The minimum absolute atomic E-state index is 0.00139. The number of rotatable bonds is 7. The van der Waals surface area contributed by atoms with Gasteiger partial charge in [-0.2, -0.15) is 8.42 Å². The zero-order chi connectivity index (χ0) is 21.2. The summed E-state index contributed by atoms with van der Waals surface area (Å²) in [6.07, 6.45) is -0.330. The Morgan fingerprint density at radius 1 is 1.03 bits per heavy atom.